The SMILES string of the molecule is CC/C=C\C/C=C\C/C=C\C/C=C\C/C=C\C/C=C\CCCCCCCCCCCCCCCCCCC(=O)OCC(COC(=O)CCCCCCCC)OC(=O)CCCCCCCC. The number of esters is 3. The average molecular weight is 907 g/mol. The van der Waals surface area contributed by atoms with Crippen LogP contribution in [0.5, 0.6) is 0 Å². The van der Waals surface area contributed by atoms with Gasteiger partial charge in [0.1, 0.15) is 13.2 Å². The minimum atomic E-state index is -0.763. The fourth-order valence-electron chi connectivity index (χ4n) is 7.62. The lowest BCUT2D eigenvalue weighted by Gasteiger charge is -2.18. The van der Waals surface area contributed by atoms with Gasteiger partial charge < -0.3 is 14.2 Å². The summed E-state index contributed by atoms with van der Waals surface area (Å²) in [5.74, 6) is -0.888. The molecule has 1 unspecified atom stereocenters. The van der Waals surface area contributed by atoms with Gasteiger partial charge in [0.2, 0.25) is 0 Å². The van der Waals surface area contributed by atoms with E-state index in [1.807, 2.05) is 0 Å². The van der Waals surface area contributed by atoms with Crippen LogP contribution in [0.15, 0.2) is 72.9 Å². The minimum absolute atomic E-state index is 0.0717. The first kappa shape index (κ1) is 61.9. The highest BCUT2D eigenvalue weighted by atomic mass is 16.6. The Labute approximate surface area is 402 Å². The van der Waals surface area contributed by atoms with Gasteiger partial charge in [-0.3, -0.25) is 14.4 Å². The Morgan fingerprint density at radius 1 is 0.323 bits per heavy atom. The zero-order chi connectivity index (χ0) is 47.2. The lowest BCUT2D eigenvalue weighted by atomic mass is 10.0. The predicted octanol–water partition coefficient (Wildman–Crippen LogP) is 18.2. The highest BCUT2D eigenvalue weighted by Gasteiger charge is 2.19. The number of ether oxygens (including phenoxy) is 3. The lowest BCUT2D eigenvalue weighted by molar-refractivity contribution is -0.167. The van der Waals surface area contributed by atoms with Gasteiger partial charge in [0.15, 0.2) is 6.10 Å². The Kier molecular flexibility index (Phi) is 50.9. The number of hydrogen-bond donors (Lipinski definition) is 0. The Morgan fingerprint density at radius 3 is 0.938 bits per heavy atom. The molecule has 0 aliphatic rings. The van der Waals surface area contributed by atoms with Crippen LogP contribution >= 0.6 is 0 Å². The molecule has 65 heavy (non-hydrogen) atoms. The molecule has 6 heteroatoms. The molecule has 0 rings (SSSR count). The Balaban J connectivity index is 3.81. The molecule has 6 nitrogen and oxygen atoms in total. The number of carbonyl (C=O) groups is 3. The average Bonchev–Trinajstić information content (AvgIpc) is 3.30. The number of carbonyl (C=O) groups excluding carboxylic acids is 3. The second kappa shape index (κ2) is 53.5. The summed E-state index contributed by atoms with van der Waals surface area (Å²) in [6, 6.07) is 0. The van der Waals surface area contributed by atoms with E-state index in [-0.39, 0.29) is 31.1 Å². The van der Waals surface area contributed by atoms with Crippen molar-refractivity contribution < 1.29 is 28.6 Å². The highest BCUT2D eigenvalue weighted by molar-refractivity contribution is 5.71. The first-order chi connectivity index (χ1) is 32.0. The van der Waals surface area contributed by atoms with Crippen LogP contribution in [0.1, 0.15) is 265 Å². The molecule has 0 saturated carbocycles. The van der Waals surface area contributed by atoms with Gasteiger partial charge in [-0.05, 0) is 70.6 Å². The first-order valence-electron chi connectivity index (χ1n) is 27.4. The summed E-state index contributed by atoms with van der Waals surface area (Å²) in [6.07, 6.45) is 68.3. The Hall–Kier alpha value is -3.15. The van der Waals surface area contributed by atoms with Crippen molar-refractivity contribution in [3.63, 3.8) is 0 Å². The van der Waals surface area contributed by atoms with Crippen LogP contribution in [-0.2, 0) is 28.6 Å². The van der Waals surface area contributed by atoms with Crippen LogP contribution in [0.3, 0.4) is 0 Å². The van der Waals surface area contributed by atoms with Gasteiger partial charge in [-0.1, -0.05) is 248 Å². The third kappa shape index (κ3) is 51.7. The second-order valence-electron chi connectivity index (χ2n) is 18.1. The van der Waals surface area contributed by atoms with Gasteiger partial charge >= 0.3 is 17.9 Å². The van der Waals surface area contributed by atoms with Crippen molar-refractivity contribution in [2.24, 2.45) is 0 Å². The molecule has 0 radical (unpaired) electrons. The number of hydrogen-bond acceptors (Lipinski definition) is 6. The van der Waals surface area contributed by atoms with E-state index in [1.54, 1.807) is 0 Å². The standard InChI is InChI=1S/C59H102O6/c1-4-7-10-13-16-17-18-19-20-21-22-23-24-25-26-27-28-29-30-31-32-33-34-35-36-37-38-39-40-41-42-43-44-47-49-52-58(61)64-55-56(65-59(62)53-50-46-15-12-9-6-3)54-63-57(60)51-48-45-14-11-8-5-2/h7,10,16-17,19-20,22-23,25-26,28-29,56H,4-6,8-9,11-15,18,21,24,27,30-55H2,1-3H3/b10-7-,17-16-,20-19-,23-22-,26-25-,29-28-. The normalized spacial score (nSPS) is 12.6. The predicted molar refractivity (Wildman–Crippen MR) is 279 cm³/mol. The number of allylic oxidation sites excluding steroid dienone is 12. The summed E-state index contributed by atoms with van der Waals surface area (Å²) in [4.78, 5) is 37.4. The topological polar surface area (TPSA) is 78.9 Å². The maximum Gasteiger partial charge on any atom is 0.306 e. The van der Waals surface area contributed by atoms with E-state index in [0.717, 1.165) is 96.3 Å². The zero-order valence-electron chi connectivity index (χ0n) is 42.7. The van der Waals surface area contributed by atoms with E-state index < -0.39 is 6.10 Å². The van der Waals surface area contributed by atoms with Crippen molar-refractivity contribution in [3.8, 4) is 0 Å². The van der Waals surface area contributed by atoms with Gasteiger partial charge in [0.05, 0.1) is 0 Å². The van der Waals surface area contributed by atoms with Gasteiger partial charge in [0, 0.05) is 19.3 Å². The Morgan fingerprint density at radius 2 is 0.600 bits per heavy atom. The second-order valence-corrected chi connectivity index (χ2v) is 18.1. The molecule has 0 aliphatic carbocycles. The van der Waals surface area contributed by atoms with Crippen molar-refractivity contribution in [2.45, 2.75) is 271 Å². The van der Waals surface area contributed by atoms with Gasteiger partial charge in [-0.15, -0.1) is 0 Å². The van der Waals surface area contributed by atoms with E-state index in [2.05, 4.69) is 93.7 Å². The van der Waals surface area contributed by atoms with Crippen molar-refractivity contribution in [3.05, 3.63) is 72.9 Å². The van der Waals surface area contributed by atoms with Crippen molar-refractivity contribution in [1.82, 2.24) is 0 Å². The molecule has 0 saturated heterocycles. The molecule has 0 bridgehead atoms. The van der Waals surface area contributed by atoms with E-state index >= 15 is 0 Å². The summed E-state index contributed by atoms with van der Waals surface area (Å²) < 4.78 is 16.6. The van der Waals surface area contributed by atoms with Gasteiger partial charge in [0.25, 0.3) is 0 Å². The zero-order valence-corrected chi connectivity index (χ0v) is 42.7. The van der Waals surface area contributed by atoms with E-state index in [9.17, 15) is 14.4 Å². The Bertz CT molecular complexity index is 1230. The van der Waals surface area contributed by atoms with Crippen LogP contribution in [0.4, 0.5) is 0 Å². The summed E-state index contributed by atoms with van der Waals surface area (Å²) in [6.45, 7) is 6.40. The molecule has 1 atom stereocenters. The summed E-state index contributed by atoms with van der Waals surface area (Å²) >= 11 is 0. The highest BCUT2D eigenvalue weighted by Crippen LogP contribution is 2.16. The third-order valence-electron chi connectivity index (χ3n) is 11.7. The first-order valence-corrected chi connectivity index (χ1v) is 27.4. The maximum absolute atomic E-state index is 12.6. The fraction of sp³-hybridized carbons (Fsp3) is 0.746. The molecule has 0 spiro atoms. The molecule has 0 aromatic carbocycles. The molecule has 0 heterocycles. The summed E-state index contributed by atoms with van der Waals surface area (Å²) in [5, 5.41) is 0. The molecule has 0 aromatic rings. The molecule has 0 amide bonds. The molecule has 0 N–H and O–H groups in total. The molecule has 374 valence electrons. The van der Waals surface area contributed by atoms with Gasteiger partial charge in [-0.25, -0.2) is 0 Å². The van der Waals surface area contributed by atoms with Crippen LogP contribution in [0, 0.1) is 0 Å². The summed E-state index contributed by atoms with van der Waals surface area (Å²) in [5.41, 5.74) is 0. The van der Waals surface area contributed by atoms with E-state index in [4.69, 9.17) is 14.2 Å². The quantitative estimate of drug-likeness (QED) is 0.0262. The monoisotopic (exact) mass is 907 g/mol. The molecule has 0 fully saturated rings. The van der Waals surface area contributed by atoms with Crippen molar-refractivity contribution >= 4 is 17.9 Å². The van der Waals surface area contributed by atoms with Crippen LogP contribution in [-0.4, -0.2) is 37.2 Å². The minimum Gasteiger partial charge on any atom is -0.462 e. The number of unbranched alkanes of at least 4 members (excludes halogenated alkanes) is 26. The van der Waals surface area contributed by atoms with Crippen molar-refractivity contribution in [2.75, 3.05) is 13.2 Å². The van der Waals surface area contributed by atoms with Crippen LogP contribution in [0.25, 0.3) is 0 Å². The van der Waals surface area contributed by atoms with Gasteiger partial charge in [-0.2, -0.15) is 0 Å². The van der Waals surface area contributed by atoms with Crippen molar-refractivity contribution in [1.29, 1.82) is 0 Å². The molecular formula is C59H102O6. The van der Waals surface area contributed by atoms with E-state index in [0.29, 0.717) is 19.3 Å². The fourth-order valence-corrected chi connectivity index (χ4v) is 7.62. The molecule has 0 aliphatic heterocycles. The van der Waals surface area contributed by atoms with Crippen LogP contribution in [0.2, 0.25) is 0 Å². The molecular weight excluding hydrogens is 805 g/mol. The molecule has 0 aromatic heterocycles. The lowest BCUT2D eigenvalue weighted by Crippen LogP contribution is -2.30. The number of rotatable bonds is 49. The third-order valence-corrected chi connectivity index (χ3v) is 11.7. The summed E-state index contributed by atoms with van der Waals surface area (Å²) in [7, 11) is 0. The maximum atomic E-state index is 12.6. The smallest absolute Gasteiger partial charge is 0.306 e. The van der Waals surface area contributed by atoms with Crippen LogP contribution < -0.4 is 0 Å². The largest absolute Gasteiger partial charge is 0.462 e. The van der Waals surface area contributed by atoms with E-state index in [1.165, 1.54) is 128 Å².